The number of carbonyl (C=O) groups is 2. The minimum Gasteiger partial charge on any atom is -0.326 e. The molecule has 2 aromatic carbocycles. The maximum atomic E-state index is 12.2. The average molecular weight is 374 g/mol. The first kappa shape index (κ1) is 19.7. The van der Waals surface area contributed by atoms with Crippen molar-refractivity contribution in [2.24, 2.45) is 5.92 Å². The van der Waals surface area contributed by atoms with Gasteiger partial charge in [-0.05, 0) is 50.2 Å². The molecule has 0 aliphatic heterocycles. The lowest BCUT2D eigenvalue weighted by atomic mass is 10.1. The van der Waals surface area contributed by atoms with Crippen molar-refractivity contribution in [3.8, 4) is 0 Å². The van der Waals surface area contributed by atoms with Crippen LogP contribution in [-0.2, 0) is 14.8 Å². The molecule has 1 atom stereocenters. The molecule has 138 valence electrons. The Morgan fingerprint density at radius 3 is 2.04 bits per heavy atom. The van der Waals surface area contributed by atoms with Crippen LogP contribution in [0.25, 0.3) is 0 Å². The molecule has 26 heavy (non-hydrogen) atoms. The van der Waals surface area contributed by atoms with Crippen LogP contribution in [0.4, 0.5) is 11.4 Å². The van der Waals surface area contributed by atoms with Gasteiger partial charge in [0.15, 0.2) is 5.78 Å². The van der Waals surface area contributed by atoms with E-state index in [9.17, 15) is 18.0 Å². The third kappa shape index (κ3) is 5.70. The van der Waals surface area contributed by atoms with E-state index in [0.717, 1.165) is 5.56 Å². The molecule has 1 amide bonds. The molecule has 0 radical (unpaired) electrons. The Balaban J connectivity index is 1.96. The fourth-order valence-corrected chi connectivity index (χ4v) is 3.69. The van der Waals surface area contributed by atoms with E-state index in [4.69, 9.17) is 0 Å². The third-order valence-corrected chi connectivity index (χ3v) is 5.29. The number of amides is 1. The molecule has 7 heteroatoms. The largest absolute Gasteiger partial charge is 0.326 e. The van der Waals surface area contributed by atoms with Crippen molar-refractivity contribution in [2.45, 2.75) is 20.8 Å². The van der Waals surface area contributed by atoms with Crippen molar-refractivity contribution in [2.75, 3.05) is 15.8 Å². The summed E-state index contributed by atoms with van der Waals surface area (Å²) in [6.45, 7) is 4.92. The van der Waals surface area contributed by atoms with Crippen LogP contribution < -0.4 is 10.0 Å². The summed E-state index contributed by atoms with van der Waals surface area (Å²) in [5.74, 6) is -1.55. The topological polar surface area (TPSA) is 92.3 Å². The number of sulfonamides is 1. The van der Waals surface area contributed by atoms with Crippen LogP contribution in [0.3, 0.4) is 0 Å². The zero-order valence-corrected chi connectivity index (χ0v) is 15.8. The van der Waals surface area contributed by atoms with Gasteiger partial charge in [-0.15, -0.1) is 0 Å². The van der Waals surface area contributed by atoms with E-state index in [0.29, 0.717) is 16.9 Å². The molecule has 0 bridgehead atoms. The number of ketones is 1. The molecule has 0 aliphatic carbocycles. The minimum atomic E-state index is -3.66. The number of hydrogen-bond donors (Lipinski definition) is 2. The summed E-state index contributed by atoms with van der Waals surface area (Å²) in [7, 11) is -3.66. The number of nitrogens with one attached hydrogen (secondary N) is 2. The van der Waals surface area contributed by atoms with E-state index < -0.39 is 21.8 Å². The number of benzene rings is 2. The van der Waals surface area contributed by atoms with Crippen LogP contribution in [0.5, 0.6) is 0 Å². The predicted octanol–water partition coefficient (Wildman–Crippen LogP) is 3.21. The molecule has 2 aromatic rings. The molecule has 2 rings (SSSR count). The number of Topliss-reactive ketones (excluding diaryl/α,β-unsaturated/α-hetero) is 1. The van der Waals surface area contributed by atoms with Gasteiger partial charge in [0.25, 0.3) is 0 Å². The van der Waals surface area contributed by atoms with Gasteiger partial charge in [-0.25, -0.2) is 8.42 Å². The molecule has 0 fully saturated rings. The van der Waals surface area contributed by atoms with Crippen molar-refractivity contribution in [1.82, 2.24) is 0 Å². The highest BCUT2D eigenvalue weighted by Gasteiger charge is 2.21. The minimum absolute atomic E-state index is 0.0653. The molecule has 0 heterocycles. The average Bonchev–Trinajstić information content (AvgIpc) is 2.56. The first-order valence-electron chi connectivity index (χ1n) is 8.15. The Kier molecular flexibility index (Phi) is 6.15. The van der Waals surface area contributed by atoms with Crippen molar-refractivity contribution in [1.29, 1.82) is 0 Å². The number of anilines is 2. The van der Waals surface area contributed by atoms with Crippen LogP contribution in [0, 0.1) is 12.8 Å². The Bertz CT molecular complexity index is 888. The summed E-state index contributed by atoms with van der Waals surface area (Å²) in [6.07, 6.45) is 0. The Labute approximate surface area is 153 Å². The lowest BCUT2D eigenvalue weighted by Crippen LogP contribution is -2.29. The number of aryl methyl sites for hydroxylation is 1. The summed E-state index contributed by atoms with van der Waals surface area (Å²) in [5, 5.41) is 2.66. The molecule has 0 saturated heterocycles. The van der Waals surface area contributed by atoms with Crippen molar-refractivity contribution < 1.29 is 18.0 Å². The van der Waals surface area contributed by atoms with Gasteiger partial charge in [0, 0.05) is 16.9 Å². The lowest BCUT2D eigenvalue weighted by Gasteiger charge is -2.14. The summed E-state index contributed by atoms with van der Waals surface area (Å²) in [5.41, 5.74) is 2.54. The highest BCUT2D eigenvalue weighted by molar-refractivity contribution is 7.92. The highest BCUT2D eigenvalue weighted by atomic mass is 32.2. The number of rotatable bonds is 7. The Morgan fingerprint density at radius 1 is 0.962 bits per heavy atom. The van der Waals surface area contributed by atoms with E-state index in [2.05, 4.69) is 10.0 Å². The zero-order chi connectivity index (χ0) is 19.3. The zero-order valence-electron chi connectivity index (χ0n) is 14.9. The number of hydrogen-bond acceptors (Lipinski definition) is 4. The van der Waals surface area contributed by atoms with Crippen LogP contribution in [0.2, 0.25) is 0 Å². The van der Waals surface area contributed by atoms with Crippen LogP contribution in [0.15, 0.2) is 48.5 Å². The van der Waals surface area contributed by atoms with Gasteiger partial charge < -0.3 is 5.32 Å². The smallest absolute Gasteiger partial charge is 0.233 e. The molecular formula is C19H22N2O4S. The van der Waals surface area contributed by atoms with Crippen LogP contribution >= 0.6 is 0 Å². The first-order valence-corrected chi connectivity index (χ1v) is 9.80. The maximum absolute atomic E-state index is 12.2. The van der Waals surface area contributed by atoms with E-state index in [1.165, 1.54) is 6.92 Å². The van der Waals surface area contributed by atoms with Crippen LogP contribution in [-0.4, -0.2) is 25.9 Å². The molecule has 1 unspecified atom stereocenters. The van der Waals surface area contributed by atoms with E-state index in [-0.39, 0.29) is 11.5 Å². The number of carbonyl (C=O) groups excluding carboxylic acids is 2. The summed E-state index contributed by atoms with van der Waals surface area (Å²) < 4.78 is 27.0. The van der Waals surface area contributed by atoms with E-state index >= 15 is 0 Å². The molecule has 0 saturated carbocycles. The quantitative estimate of drug-likeness (QED) is 0.728. The summed E-state index contributed by atoms with van der Waals surface area (Å²) in [4.78, 5) is 23.5. The summed E-state index contributed by atoms with van der Waals surface area (Å²) in [6, 6.07) is 13.4. The Morgan fingerprint density at radius 2 is 1.50 bits per heavy atom. The fourth-order valence-electron chi connectivity index (χ4n) is 2.30. The van der Waals surface area contributed by atoms with Crippen molar-refractivity contribution in [3.05, 3.63) is 59.7 Å². The van der Waals surface area contributed by atoms with Gasteiger partial charge in [0.2, 0.25) is 15.9 Å². The van der Waals surface area contributed by atoms with Crippen molar-refractivity contribution in [3.63, 3.8) is 0 Å². The van der Waals surface area contributed by atoms with Gasteiger partial charge in [0.05, 0.1) is 11.7 Å². The monoisotopic (exact) mass is 374 g/mol. The fraction of sp³-hybridized carbons (Fsp3) is 0.263. The summed E-state index contributed by atoms with van der Waals surface area (Å²) >= 11 is 0. The molecular weight excluding hydrogens is 352 g/mol. The second-order valence-corrected chi connectivity index (χ2v) is 8.04. The van der Waals surface area contributed by atoms with Crippen molar-refractivity contribution >= 4 is 33.1 Å². The van der Waals surface area contributed by atoms with Gasteiger partial charge in [-0.1, -0.05) is 24.6 Å². The van der Waals surface area contributed by atoms with Gasteiger partial charge in [0.1, 0.15) is 0 Å². The Hall–Kier alpha value is -2.67. The molecule has 2 N–H and O–H groups in total. The normalized spacial score (nSPS) is 12.3. The van der Waals surface area contributed by atoms with Gasteiger partial charge in [-0.3, -0.25) is 14.3 Å². The molecule has 0 spiro atoms. The van der Waals surface area contributed by atoms with Gasteiger partial charge >= 0.3 is 0 Å². The maximum Gasteiger partial charge on any atom is 0.233 e. The lowest BCUT2D eigenvalue weighted by molar-refractivity contribution is -0.118. The second kappa shape index (κ2) is 8.14. The van der Waals surface area contributed by atoms with E-state index in [1.807, 2.05) is 6.92 Å². The predicted molar refractivity (Wildman–Crippen MR) is 103 cm³/mol. The SMILES string of the molecule is CC(=O)c1ccc(NC(=O)C(C)CS(=O)(=O)Nc2ccc(C)cc2)cc1. The van der Waals surface area contributed by atoms with E-state index in [1.54, 1.807) is 55.5 Å². The second-order valence-electron chi connectivity index (χ2n) is 6.27. The molecule has 0 aliphatic rings. The third-order valence-electron chi connectivity index (χ3n) is 3.80. The first-order chi connectivity index (χ1) is 12.2. The molecule has 6 nitrogen and oxygen atoms in total. The van der Waals surface area contributed by atoms with Crippen LogP contribution in [0.1, 0.15) is 29.8 Å². The standard InChI is InChI=1S/C19H22N2O4S/c1-13-4-8-18(9-5-13)21-26(24,25)12-14(2)19(23)20-17-10-6-16(7-11-17)15(3)22/h4-11,14,21H,12H2,1-3H3,(H,20,23). The molecule has 0 aromatic heterocycles. The van der Waals surface area contributed by atoms with Gasteiger partial charge in [-0.2, -0.15) is 0 Å². The highest BCUT2D eigenvalue weighted by Crippen LogP contribution is 2.15.